The SMILES string of the molecule is C#CC(C)(C)NS(=O)(=O)c1ccsc1C(=O)O. The maximum Gasteiger partial charge on any atom is 0.347 e. The molecule has 0 aliphatic carbocycles. The number of rotatable bonds is 4. The van der Waals surface area contributed by atoms with Gasteiger partial charge in [0, 0.05) is 0 Å². The van der Waals surface area contributed by atoms with Crippen LogP contribution in [0.2, 0.25) is 0 Å². The Hall–Kier alpha value is -1.36. The van der Waals surface area contributed by atoms with Gasteiger partial charge in [-0.25, -0.2) is 13.2 Å². The summed E-state index contributed by atoms with van der Waals surface area (Å²) in [6, 6.07) is 1.24. The van der Waals surface area contributed by atoms with E-state index in [4.69, 9.17) is 11.5 Å². The quantitative estimate of drug-likeness (QED) is 0.806. The third-order valence-electron chi connectivity index (χ3n) is 1.86. The van der Waals surface area contributed by atoms with Crippen molar-refractivity contribution >= 4 is 27.3 Å². The normalized spacial score (nSPS) is 12.1. The fourth-order valence-corrected chi connectivity index (χ4v) is 3.69. The van der Waals surface area contributed by atoms with Crippen LogP contribution < -0.4 is 4.72 Å². The predicted molar refractivity (Wildman–Crippen MR) is 64.5 cm³/mol. The number of terminal acetylenes is 1. The molecule has 5 nitrogen and oxygen atoms in total. The Bertz CT molecular complexity index is 578. The fourth-order valence-electron chi connectivity index (χ4n) is 1.09. The first-order chi connectivity index (χ1) is 7.69. The molecule has 0 saturated heterocycles. The van der Waals surface area contributed by atoms with Crippen LogP contribution in [0.3, 0.4) is 0 Å². The lowest BCUT2D eigenvalue weighted by Gasteiger charge is -2.19. The first-order valence-corrected chi connectivity index (χ1v) is 6.88. The first-order valence-electron chi connectivity index (χ1n) is 4.52. The van der Waals surface area contributed by atoms with Crippen LogP contribution in [0.4, 0.5) is 0 Å². The van der Waals surface area contributed by atoms with Gasteiger partial charge in [-0.2, -0.15) is 4.72 Å². The second-order valence-electron chi connectivity index (χ2n) is 3.79. The number of nitrogens with one attached hydrogen (secondary N) is 1. The largest absolute Gasteiger partial charge is 0.477 e. The van der Waals surface area contributed by atoms with Gasteiger partial charge >= 0.3 is 5.97 Å². The lowest BCUT2D eigenvalue weighted by atomic mass is 10.1. The Labute approximate surface area is 104 Å². The van der Waals surface area contributed by atoms with Crippen LogP contribution in [0.15, 0.2) is 16.3 Å². The lowest BCUT2D eigenvalue weighted by Crippen LogP contribution is -2.42. The van der Waals surface area contributed by atoms with Gasteiger partial charge in [0.25, 0.3) is 0 Å². The van der Waals surface area contributed by atoms with Gasteiger partial charge in [0.15, 0.2) is 0 Å². The van der Waals surface area contributed by atoms with Gasteiger partial charge in [-0.1, -0.05) is 5.92 Å². The number of hydrogen-bond acceptors (Lipinski definition) is 4. The minimum absolute atomic E-state index is 0.231. The Morgan fingerprint density at radius 1 is 1.59 bits per heavy atom. The molecule has 7 heteroatoms. The van der Waals surface area contributed by atoms with Crippen molar-refractivity contribution in [3.8, 4) is 12.3 Å². The maximum atomic E-state index is 11.9. The Balaban J connectivity index is 3.20. The molecule has 1 aromatic heterocycles. The molecule has 0 saturated carbocycles. The zero-order valence-corrected chi connectivity index (χ0v) is 10.9. The monoisotopic (exact) mass is 273 g/mol. The summed E-state index contributed by atoms with van der Waals surface area (Å²) in [6.45, 7) is 3.02. The summed E-state index contributed by atoms with van der Waals surface area (Å²) in [5.41, 5.74) is -1.07. The number of hydrogen-bond donors (Lipinski definition) is 2. The highest BCUT2D eigenvalue weighted by atomic mass is 32.2. The number of aromatic carboxylic acids is 1. The number of carboxylic acids is 1. The van der Waals surface area contributed by atoms with E-state index in [2.05, 4.69) is 10.6 Å². The highest BCUT2D eigenvalue weighted by Gasteiger charge is 2.28. The summed E-state index contributed by atoms with van der Waals surface area (Å²) < 4.78 is 26.1. The summed E-state index contributed by atoms with van der Waals surface area (Å²) in [7, 11) is -3.93. The highest BCUT2D eigenvalue weighted by molar-refractivity contribution is 7.89. The molecule has 92 valence electrons. The van der Waals surface area contributed by atoms with Crippen LogP contribution in [0.25, 0.3) is 0 Å². The van der Waals surface area contributed by atoms with Crippen molar-refractivity contribution in [1.82, 2.24) is 4.72 Å². The third-order valence-corrected chi connectivity index (χ3v) is 4.59. The molecule has 0 unspecified atom stereocenters. The molecule has 1 heterocycles. The van der Waals surface area contributed by atoms with E-state index in [0.29, 0.717) is 0 Å². The van der Waals surface area contributed by atoms with Gasteiger partial charge in [-0.3, -0.25) is 0 Å². The second-order valence-corrected chi connectivity index (χ2v) is 6.36. The molecule has 1 aromatic rings. The molecule has 0 aromatic carbocycles. The van der Waals surface area contributed by atoms with Crippen molar-refractivity contribution in [2.45, 2.75) is 24.3 Å². The zero-order valence-electron chi connectivity index (χ0n) is 9.22. The van der Waals surface area contributed by atoms with E-state index in [1.54, 1.807) is 0 Å². The average Bonchev–Trinajstić information content (AvgIpc) is 2.65. The number of thiophene rings is 1. The van der Waals surface area contributed by atoms with Gasteiger partial charge in [0.1, 0.15) is 9.77 Å². The molecule has 2 N–H and O–H groups in total. The van der Waals surface area contributed by atoms with E-state index >= 15 is 0 Å². The number of sulfonamides is 1. The van der Waals surface area contributed by atoms with Gasteiger partial charge in [-0.05, 0) is 25.3 Å². The molecule has 0 spiro atoms. The minimum Gasteiger partial charge on any atom is -0.477 e. The molecule has 0 aliphatic rings. The second kappa shape index (κ2) is 4.49. The lowest BCUT2D eigenvalue weighted by molar-refractivity contribution is 0.0698. The first kappa shape index (κ1) is 13.7. The minimum atomic E-state index is -3.93. The Morgan fingerprint density at radius 2 is 2.18 bits per heavy atom. The van der Waals surface area contributed by atoms with Crippen molar-refractivity contribution in [3.63, 3.8) is 0 Å². The molecule has 0 atom stereocenters. The standard InChI is InChI=1S/C10H11NO4S2/c1-4-10(2,3)11-17(14,15)7-5-6-16-8(7)9(12)13/h1,5-6,11H,2-3H3,(H,12,13). The smallest absolute Gasteiger partial charge is 0.347 e. The van der Waals surface area contributed by atoms with E-state index in [0.717, 1.165) is 11.3 Å². The molecule has 1 rings (SSSR count). The van der Waals surface area contributed by atoms with Crippen LogP contribution in [-0.4, -0.2) is 25.0 Å². The third kappa shape index (κ3) is 3.06. The predicted octanol–water partition coefficient (Wildman–Crippen LogP) is 1.14. The summed E-state index contributed by atoms with van der Waals surface area (Å²) in [6.07, 6.45) is 5.17. The number of carboxylic acid groups (broad SMARTS) is 1. The van der Waals surface area contributed by atoms with Crippen LogP contribution >= 0.6 is 11.3 Å². The zero-order chi connectivity index (χ0) is 13.3. The van der Waals surface area contributed by atoms with E-state index < -0.39 is 21.5 Å². The van der Waals surface area contributed by atoms with E-state index in [-0.39, 0.29) is 9.77 Å². The maximum absolute atomic E-state index is 11.9. The fraction of sp³-hybridized carbons (Fsp3) is 0.300. The van der Waals surface area contributed by atoms with Gasteiger partial charge in [-0.15, -0.1) is 17.8 Å². The molecule has 0 bridgehead atoms. The summed E-state index contributed by atoms with van der Waals surface area (Å²) >= 11 is 0.848. The summed E-state index contributed by atoms with van der Waals surface area (Å²) in [4.78, 5) is 10.3. The molecule has 0 radical (unpaired) electrons. The van der Waals surface area contributed by atoms with Gasteiger partial charge in [0.05, 0.1) is 5.54 Å². The van der Waals surface area contributed by atoms with Gasteiger partial charge in [0.2, 0.25) is 10.0 Å². The molecular formula is C10H11NO4S2. The number of carbonyl (C=O) groups is 1. The Kier molecular flexibility index (Phi) is 3.62. The van der Waals surface area contributed by atoms with Crippen molar-refractivity contribution in [1.29, 1.82) is 0 Å². The molecule has 17 heavy (non-hydrogen) atoms. The summed E-state index contributed by atoms with van der Waals surface area (Å²) in [5, 5.41) is 10.3. The van der Waals surface area contributed by atoms with E-state index in [1.807, 2.05) is 0 Å². The van der Waals surface area contributed by atoms with E-state index in [9.17, 15) is 13.2 Å². The molecular weight excluding hydrogens is 262 g/mol. The van der Waals surface area contributed by atoms with E-state index in [1.165, 1.54) is 25.3 Å². The van der Waals surface area contributed by atoms with Crippen LogP contribution in [-0.2, 0) is 10.0 Å². The Morgan fingerprint density at radius 3 is 2.65 bits per heavy atom. The van der Waals surface area contributed by atoms with Crippen LogP contribution in [0, 0.1) is 12.3 Å². The van der Waals surface area contributed by atoms with Crippen molar-refractivity contribution in [3.05, 3.63) is 16.3 Å². The van der Waals surface area contributed by atoms with Crippen LogP contribution in [0.1, 0.15) is 23.5 Å². The highest BCUT2D eigenvalue weighted by Crippen LogP contribution is 2.22. The molecule has 0 aliphatic heterocycles. The average molecular weight is 273 g/mol. The van der Waals surface area contributed by atoms with Crippen molar-refractivity contribution in [2.75, 3.05) is 0 Å². The van der Waals surface area contributed by atoms with Gasteiger partial charge < -0.3 is 5.11 Å². The topological polar surface area (TPSA) is 83.5 Å². The summed E-state index contributed by atoms with van der Waals surface area (Å²) in [5.74, 6) is 0.995. The van der Waals surface area contributed by atoms with Crippen molar-refractivity contribution in [2.24, 2.45) is 0 Å². The van der Waals surface area contributed by atoms with Crippen molar-refractivity contribution < 1.29 is 18.3 Å². The molecule has 0 fully saturated rings. The van der Waals surface area contributed by atoms with Crippen LogP contribution in [0.5, 0.6) is 0 Å². The molecule has 0 amide bonds.